The maximum Gasteiger partial charge on any atom is 0.387 e. The van der Waals surface area contributed by atoms with E-state index in [0.29, 0.717) is 188 Å². The van der Waals surface area contributed by atoms with Crippen LogP contribution in [-0.2, 0) is 60.6 Å². The lowest BCUT2D eigenvalue weighted by Gasteiger charge is -2.36. The van der Waals surface area contributed by atoms with E-state index in [1.807, 2.05) is 47.9 Å². The molecule has 3 fully saturated rings. The molecule has 113 heavy (non-hydrogen) atoms. The number of piperazine rings is 1. The molecule has 3 atom stereocenters. The van der Waals surface area contributed by atoms with E-state index in [1.165, 1.54) is 30.6 Å². The fourth-order valence-electron chi connectivity index (χ4n) is 12.4. The zero-order chi connectivity index (χ0) is 80.9. The summed E-state index contributed by atoms with van der Waals surface area (Å²) in [7, 11) is 0. The van der Waals surface area contributed by atoms with Crippen molar-refractivity contribution in [1.29, 1.82) is 0 Å². The Morgan fingerprint density at radius 2 is 1.23 bits per heavy atom. The normalized spacial score (nSPS) is 14.8. The molecule has 4 aromatic carbocycles. The Morgan fingerprint density at radius 1 is 0.664 bits per heavy atom. The van der Waals surface area contributed by atoms with E-state index in [-0.39, 0.29) is 111 Å². The highest BCUT2D eigenvalue weighted by Gasteiger charge is 2.43. The van der Waals surface area contributed by atoms with Gasteiger partial charge in [-0.1, -0.05) is 85.1 Å². The third-order valence-corrected chi connectivity index (χ3v) is 20.4. The summed E-state index contributed by atoms with van der Waals surface area (Å²) in [5.41, 5.74) is 10.7. The number of primary amides is 1. The molecule has 9 rings (SSSR count). The maximum absolute atomic E-state index is 13.6. The summed E-state index contributed by atoms with van der Waals surface area (Å²) >= 11 is 14.7. The van der Waals surface area contributed by atoms with Gasteiger partial charge in [-0.2, -0.15) is 30.5 Å². The predicted octanol–water partition coefficient (Wildman–Crippen LogP) is 12.0. The van der Waals surface area contributed by atoms with Crippen molar-refractivity contribution in [2.45, 2.75) is 128 Å². The Hall–Kier alpha value is -10.3. The Bertz CT molecular complexity index is 4320. The maximum atomic E-state index is 13.6. The van der Waals surface area contributed by atoms with Crippen LogP contribution in [0.15, 0.2) is 117 Å². The molecule has 0 radical (unpaired) electrons. The van der Waals surface area contributed by atoms with Gasteiger partial charge in [-0.15, -0.1) is 0 Å². The molecule has 0 aliphatic carbocycles. The lowest BCUT2D eigenvalue weighted by Crippen LogP contribution is -2.48. The van der Waals surface area contributed by atoms with E-state index in [1.54, 1.807) is 60.4 Å². The van der Waals surface area contributed by atoms with Gasteiger partial charge in [-0.25, -0.2) is 9.97 Å². The van der Waals surface area contributed by atoms with E-state index in [4.69, 9.17) is 52.6 Å². The van der Waals surface area contributed by atoms with Crippen molar-refractivity contribution in [2.24, 2.45) is 11.7 Å². The SMILES string of the molecule is C=CC(=O)Cc1ccccc1Nc1nc(Nc2cc(C(N)=O)c(OCCCCC(=O)C#CC)cc2C)ncc1Cl.C=CC(=O)Cc1ccccc1Nc1nc(Nc2ccc(N3CCN(C(=O)CCCC(=O)NCCCOCCOCCOCCCNC(=O)CCCC[C@@H]4SC[C@@H]5NC(=O)C[C@@H]54)CC3)cc2OC(F)F)ncc1Cl. The highest BCUT2D eigenvalue weighted by atomic mass is 35.5. The number of fused-ring (bicyclic) bond motifs is 1. The topological polar surface area (TPSA) is 351 Å². The van der Waals surface area contributed by atoms with Crippen LogP contribution in [0.2, 0.25) is 10.0 Å². The molecular weight excluding hydrogens is 1520 g/mol. The molecule has 9 N–H and O–H groups in total. The molecule has 3 aliphatic rings. The van der Waals surface area contributed by atoms with Crippen molar-refractivity contribution in [1.82, 2.24) is 40.8 Å². The highest BCUT2D eigenvalue weighted by Crippen LogP contribution is 2.41. The van der Waals surface area contributed by atoms with Gasteiger partial charge in [-0.3, -0.25) is 38.4 Å². The number of benzene rings is 4. The molecule has 0 saturated carbocycles. The van der Waals surface area contributed by atoms with Gasteiger partial charge in [0.05, 0.1) is 56.7 Å². The number of hydrogen-bond acceptors (Lipinski definition) is 23. The molecule has 5 amide bonds. The summed E-state index contributed by atoms with van der Waals surface area (Å²) in [4.78, 5) is 118. The second kappa shape index (κ2) is 47.3. The first-order chi connectivity index (χ1) is 54.7. The number of Topliss-reactive ketones (excluding diaryl/α,β-unsaturated/α-hetero) is 1. The number of alkyl halides is 2. The van der Waals surface area contributed by atoms with Crippen molar-refractivity contribution < 1.29 is 70.8 Å². The number of nitrogens with one attached hydrogen (secondary N) is 7. The Morgan fingerprint density at radius 3 is 1.81 bits per heavy atom. The number of carbonyl (C=O) groups is 8. The van der Waals surface area contributed by atoms with Gasteiger partial charge in [-0.05, 0) is 130 Å². The van der Waals surface area contributed by atoms with Gasteiger partial charge in [0.25, 0.3) is 5.91 Å². The second-order valence-electron chi connectivity index (χ2n) is 26.6. The van der Waals surface area contributed by atoms with Crippen molar-refractivity contribution >= 4 is 134 Å². The van der Waals surface area contributed by atoms with Crippen LogP contribution >= 0.6 is 35.0 Å². The number of halogens is 4. The van der Waals surface area contributed by atoms with E-state index < -0.39 is 12.5 Å². The predicted molar refractivity (Wildman–Crippen MR) is 434 cm³/mol. The molecule has 604 valence electrons. The molecule has 5 heterocycles. The number of allylic oxidation sites excluding steroid dienone is 2. The van der Waals surface area contributed by atoms with Crippen LogP contribution in [0.1, 0.15) is 117 Å². The van der Waals surface area contributed by atoms with Gasteiger partial charge in [0.1, 0.15) is 15.8 Å². The number of thioether (sulfide) groups is 1. The first-order valence-electron chi connectivity index (χ1n) is 37.6. The van der Waals surface area contributed by atoms with E-state index in [9.17, 15) is 47.1 Å². The zero-order valence-electron chi connectivity index (χ0n) is 63.5. The number of hydrogen-bond donors (Lipinski definition) is 8. The Balaban J connectivity index is 0.000000337. The summed E-state index contributed by atoms with van der Waals surface area (Å²) in [6, 6.07) is 22.9. The number of amides is 5. The smallest absolute Gasteiger partial charge is 0.387 e. The van der Waals surface area contributed by atoms with Crippen molar-refractivity contribution in [3.8, 4) is 23.3 Å². The molecule has 0 spiro atoms. The molecule has 0 bridgehead atoms. The lowest BCUT2D eigenvalue weighted by atomic mass is 9.94. The van der Waals surface area contributed by atoms with Gasteiger partial charge < -0.3 is 76.4 Å². The number of anilines is 9. The number of nitrogens with two attached hydrogens (primary N) is 1. The lowest BCUT2D eigenvalue weighted by molar-refractivity contribution is -0.132. The first kappa shape index (κ1) is 88.3. The summed E-state index contributed by atoms with van der Waals surface area (Å²) in [6.07, 6.45) is 13.5. The van der Waals surface area contributed by atoms with Crippen LogP contribution in [0, 0.1) is 24.7 Å². The van der Waals surface area contributed by atoms with Crippen molar-refractivity contribution in [3.63, 3.8) is 0 Å². The number of rotatable bonds is 47. The highest BCUT2D eigenvalue weighted by molar-refractivity contribution is 8.00. The molecule has 0 unspecified atom stereocenters. The second-order valence-corrected chi connectivity index (χ2v) is 28.7. The third-order valence-electron chi connectivity index (χ3n) is 18.3. The molecular formula is C81H98Cl2F2N14O13S. The average Bonchev–Trinajstić information content (AvgIpc) is 1.79. The molecule has 6 aromatic rings. The van der Waals surface area contributed by atoms with E-state index in [2.05, 4.69) is 82.2 Å². The molecule has 3 saturated heterocycles. The van der Waals surface area contributed by atoms with Gasteiger partial charge in [0.2, 0.25) is 41.3 Å². The average molecular weight is 1620 g/mol. The minimum absolute atomic E-state index is 0.0519. The van der Waals surface area contributed by atoms with Gasteiger partial charge in [0, 0.05) is 149 Å². The summed E-state index contributed by atoms with van der Waals surface area (Å²) in [5, 5.41) is 22.2. The number of aryl methyl sites for hydroxylation is 1. The minimum Gasteiger partial charge on any atom is -0.493 e. The summed E-state index contributed by atoms with van der Waals surface area (Å²) in [6.45, 7) is 13.3. The Kier molecular flexibility index (Phi) is 36.9. The molecule has 32 heteroatoms. The number of carbonyl (C=O) groups excluding carboxylic acids is 8. The fourth-order valence-corrected chi connectivity index (χ4v) is 14.3. The van der Waals surface area contributed by atoms with Crippen LogP contribution < -0.4 is 57.3 Å². The number of ether oxygens (including phenoxy) is 5. The summed E-state index contributed by atoms with van der Waals surface area (Å²) in [5.74, 6) is 6.60. The number of para-hydroxylation sites is 2. The molecule has 2 aromatic heterocycles. The number of nitrogens with zero attached hydrogens (tertiary/aromatic N) is 6. The van der Waals surface area contributed by atoms with Gasteiger partial charge in [0.15, 0.2) is 29.0 Å². The number of aromatic nitrogens is 4. The quantitative estimate of drug-likeness (QED) is 0.00761. The van der Waals surface area contributed by atoms with Crippen LogP contribution in [0.25, 0.3) is 0 Å². The number of unbranched alkanes of at least 4 members (excludes halogenated alkanes) is 2. The van der Waals surface area contributed by atoms with Crippen LogP contribution in [0.5, 0.6) is 11.5 Å². The third kappa shape index (κ3) is 30.0. The largest absolute Gasteiger partial charge is 0.493 e. The molecule has 3 aliphatic heterocycles. The zero-order valence-corrected chi connectivity index (χ0v) is 65.9. The number of ketones is 3. The minimum atomic E-state index is -3.11. The first-order valence-corrected chi connectivity index (χ1v) is 39.4. The van der Waals surface area contributed by atoms with Gasteiger partial charge >= 0.3 is 6.61 Å². The fraction of sp³-hybridized carbons (Fsp3) is 0.432. The molecule has 27 nitrogen and oxygen atoms in total. The van der Waals surface area contributed by atoms with Crippen molar-refractivity contribution in [3.05, 3.63) is 149 Å². The van der Waals surface area contributed by atoms with E-state index in [0.717, 1.165) is 42.6 Å². The summed E-state index contributed by atoms with van der Waals surface area (Å²) < 4.78 is 54.7. The van der Waals surface area contributed by atoms with Crippen LogP contribution in [0.3, 0.4) is 0 Å². The standard InChI is InChI=1S/C51H68ClF2N9O9S.C30H30ClN5O4/c1-2-37(64)30-35-10-3-4-11-40(35)59-49-39(52)33-57-51(61-49)60-41-17-16-36(31-43(41)72-50(53)54)62-20-22-63(23-21-62)48(68)15-7-14-46(66)56-19-9-25-70-27-29-71-28-26-69-24-8-18-55-45(65)13-6-5-12-44-38-32-47(67)58-42(38)34-73-44;1-4-10-22(38)12-8-9-14-40-27-15-19(3)26(17-23(27)28(32)39)35-30-33-18-24(31)29(36-30)34-25-13-7-6-11-20(25)16-21(37)5-2/h2-4,10-11,16-17,31,33,38,42,44,50H,1,5-9,12-15,18-30,32,34H2,(H,55,65)(H,56,66)(H,58,67)(H2,57,59,60,61);5-7,11,13,15,17-18H,2,8-9,12,14,16H2,1,3H3,(H2,32,39)(H2,33,34,35,36)/t38-,42-,44-;/m0./s1. The Labute approximate surface area is 671 Å². The van der Waals surface area contributed by atoms with Crippen LogP contribution in [-0.4, -0.2) is 181 Å². The van der Waals surface area contributed by atoms with Crippen molar-refractivity contribution in [2.75, 3.05) is 117 Å². The van der Waals surface area contributed by atoms with E-state index >= 15 is 0 Å². The monoisotopic (exact) mass is 1610 g/mol. The van der Waals surface area contributed by atoms with Crippen LogP contribution in [0.4, 0.5) is 60.8 Å².